The molecule has 1 aromatic rings. The van der Waals surface area contributed by atoms with Gasteiger partial charge in [-0.3, -0.25) is 4.90 Å². The van der Waals surface area contributed by atoms with E-state index in [1.54, 1.807) is 30.4 Å². The predicted octanol–water partition coefficient (Wildman–Crippen LogP) is 2.62. The average Bonchev–Trinajstić information content (AvgIpc) is 2.74. The minimum absolute atomic E-state index is 0.0982. The summed E-state index contributed by atoms with van der Waals surface area (Å²) in [6.07, 6.45) is 8.84. The molecule has 1 aliphatic carbocycles. The molecule has 1 aliphatic heterocycles. The van der Waals surface area contributed by atoms with Crippen LogP contribution in [0.2, 0.25) is 0 Å². The van der Waals surface area contributed by atoms with Crippen LogP contribution in [0.1, 0.15) is 24.8 Å². The Morgan fingerprint density at radius 3 is 2.50 bits per heavy atom. The zero-order valence-electron chi connectivity index (χ0n) is 17.4. The molecule has 1 amide bonds. The van der Waals surface area contributed by atoms with Crippen molar-refractivity contribution >= 4 is 22.4 Å². The molecule has 1 heterocycles. The van der Waals surface area contributed by atoms with E-state index < -0.39 is 25.6 Å². The molecule has 0 bridgehead atoms. The van der Waals surface area contributed by atoms with Crippen molar-refractivity contribution in [2.75, 3.05) is 33.2 Å². The maximum atomic E-state index is 13.7. The third kappa shape index (κ3) is 4.26. The van der Waals surface area contributed by atoms with Crippen LogP contribution >= 0.6 is 0 Å². The molecule has 3 rings (SSSR count). The third-order valence-electron chi connectivity index (χ3n) is 5.82. The summed E-state index contributed by atoms with van der Waals surface area (Å²) in [5.74, 6) is 0. The molecule has 0 aromatic heterocycles. The van der Waals surface area contributed by atoms with Crippen LogP contribution in [0.25, 0.3) is 0 Å². The van der Waals surface area contributed by atoms with Gasteiger partial charge in [0.1, 0.15) is 29.9 Å². The normalized spacial score (nSPS) is 23.8. The molecule has 1 unspecified atom stereocenters. The highest BCUT2D eigenvalue weighted by molar-refractivity contribution is 7.86. The van der Waals surface area contributed by atoms with Crippen molar-refractivity contribution in [2.24, 2.45) is 0 Å². The fraction of sp³-hybridized carbons (Fsp3) is 0.455. The van der Waals surface area contributed by atoms with E-state index >= 15 is 0 Å². The second-order valence-corrected chi connectivity index (χ2v) is 10.1. The van der Waals surface area contributed by atoms with Crippen LogP contribution in [0.5, 0.6) is 0 Å². The summed E-state index contributed by atoms with van der Waals surface area (Å²) < 4.78 is 32.5. The zero-order valence-corrected chi connectivity index (χ0v) is 18.2. The average molecular weight is 433 g/mol. The minimum Gasteiger partial charge on any atom is -0.408 e. The zero-order chi connectivity index (χ0) is 21.8. The largest absolute Gasteiger partial charge is 0.532 e. The van der Waals surface area contributed by atoms with Gasteiger partial charge in [0.05, 0.1) is 0 Å². The molecule has 7 nitrogen and oxygen atoms in total. The van der Waals surface area contributed by atoms with Crippen molar-refractivity contribution < 1.29 is 26.6 Å². The van der Waals surface area contributed by atoms with Gasteiger partial charge in [-0.15, -0.1) is 3.89 Å². The van der Waals surface area contributed by atoms with Crippen LogP contribution in [-0.4, -0.2) is 68.4 Å². The van der Waals surface area contributed by atoms with E-state index in [1.165, 1.54) is 12.1 Å². The number of amides is 1. The molecule has 0 N–H and O–H groups in total. The number of hydrogen-bond acceptors (Lipinski definition) is 6. The number of likely N-dealkylation sites (N-methyl/N-ethyl adjacent to an activating group) is 1. The van der Waals surface area contributed by atoms with Crippen LogP contribution in [0.3, 0.4) is 0 Å². The highest BCUT2D eigenvalue weighted by atomic mass is 32.2. The molecule has 1 saturated heterocycles. The number of nitrogens with zero attached hydrogens (tertiary/aromatic N) is 2. The highest BCUT2D eigenvalue weighted by Crippen LogP contribution is 2.34. The number of carbonyl (C=O) groups is 2. The van der Waals surface area contributed by atoms with E-state index in [1.807, 2.05) is 18.9 Å². The molecule has 0 saturated carbocycles. The first-order valence-electron chi connectivity index (χ1n) is 10.0. The molecule has 1 radical (unpaired) electrons. The fourth-order valence-corrected chi connectivity index (χ4v) is 5.52. The van der Waals surface area contributed by atoms with E-state index in [9.17, 15) is 18.0 Å². The van der Waals surface area contributed by atoms with Gasteiger partial charge in [0.2, 0.25) is 0 Å². The van der Waals surface area contributed by atoms with Crippen molar-refractivity contribution in [3.05, 3.63) is 54.1 Å². The Balaban J connectivity index is 1.99. The topological polar surface area (TPSA) is 80.7 Å². The van der Waals surface area contributed by atoms with E-state index in [0.717, 1.165) is 11.8 Å². The number of allylic oxidation sites excluding steroid dienone is 2. The van der Waals surface area contributed by atoms with E-state index in [2.05, 4.69) is 6.08 Å². The third-order valence-corrected chi connectivity index (χ3v) is 8.12. The number of carbonyl (C=O) groups excluding carboxylic acids is 2. The predicted molar refractivity (Wildman–Crippen MR) is 112 cm³/mol. The van der Waals surface area contributed by atoms with Gasteiger partial charge in [0.25, 0.3) is 0 Å². The summed E-state index contributed by atoms with van der Waals surface area (Å²) in [7, 11) is -2.15. The lowest BCUT2D eigenvalue weighted by Crippen LogP contribution is -2.65. The van der Waals surface area contributed by atoms with Gasteiger partial charge in [-0.05, 0) is 44.7 Å². The lowest BCUT2D eigenvalue weighted by Gasteiger charge is -2.41. The highest BCUT2D eigenvalue weighted by Gasteiger charge is 2.55. The summed E-state index contributed by atoms with van der Waals surface area (Å²) in [5.41, 5.74) is -0.106. The molecule has 1 aromatic carbocycles. The van der Waals surface area contributed by atoms with Gasteiger partial charge < -0.3 is 9.53 Å². The number of ether oxygens (including phenoxy) is 1. The molecule has 1 atom stereocenters. The summed E-state index contributed by atoms with van der Waals surface area (Å²) in [4.78, 5) is 26.6. The van der Waals surface area contributed by atoms with E-state index in [0.29, 0.717) is 25.9 Å². The summed E-state index contributed by atoms with van der Waals surface area (Å²) in [6.45, 7) is 2.97. The number of quaternary nitrogens is 1. The quantitative estimate of drug-likeness (QED) is 0.508. The molecule has 161 valence electrons. The van der Waals surface area contributed by atoms with Crippen molar-refractivity contribution in [1.82, 2.24) is 4.90 Å². The standard InChI is InChI=1S/C22H28N2O5S/c1-19-7-9-20(10-8-19)30(27,28)24(16-14-23(2)15-17-24)21(26)29-22(13-6-18-25)11-4-3-5-12-22/h4-5,7-11,18H,6,12-17H2,1-2H3/q+1. The number of rotatable bonds is 6. The monoisotopic (exact) mass is 432 g/mol. The number of aryl methyl sites for hydroxylation is 1. The number of benzene rings is 1. The summed E-state index contributed by atoms with van der Waals surface area (Å²) >= 11 is 0. The molecule has 2 aliphatic rings. The van der Waals surface area contributed by atoms with Gasteiger partial charge in [-0.1, -0.05) is 29.8 Å². The smallest absolute Gasteiger partial charge is 0.408 e. The Labute approximate surface area is 178 Å². The van der Waals surface area contributed by atoms with Crippen molar-refractivity contribution in [2.45, 2.75) is 36.7 Å². The van der Waals surface area contributed by atoms with E-state index in [4.69, 9.17) is 4.74 Å². The molecule has 1 fully saturated rings. The van der Waals surface area contributed by atoms with Crippen LogP contribution in [0.15, 0.2) is 47.4 Å². The minimum atomic E-state index is -4.04. The van der Waals surface area contributed by atoms with Crippen LogP contribution in [-0.2, 0) is 19.6 Å². The molecule has 8 heteroatoms. The van der Waals surface area contributed by atoms with E-state index in [-0.39, 0.29) is 24.4 Å². The Morgan fingerprint density at radius 2 is 1.93 bits per heavy atom. The van der Waals surface area contributed by atoms with Gasteiger partial charge in [-0.2, -0.15) is 13.2 Å². The van der Waals surface area contributed by atoms with Crippen molar-refractivity contribution in [3.63, 3.8) is 0 Å². The first kappa shape index (κ1) is 22.4. The second-order valence-electron chi connectivity index (χ2n) is 7.97. The maximum Gasteiger partial charge on any atom is 0.532 e. The first-order chi connectivity index (χ1) is 14.2. The van der Waals surface area contributed by atoms with Crippen LogP contribution < -0.4 is 0 Å². The Morgan fingerprint density at radius 1 is 1.27 bits per heavy atom. The Kier molecular flexibility index (Phi) is 6.59. The molecular formula is C22H28N2O5S+. The number of aldehydes is 1. The van der Waals surface area contributed by atoms with Crippen molar-refractivity contribution in [1.29, 1.82) is 0 Å². The summed E-state index contributed by atoms with van der Waals surface area (Å²) in [6, 6.07) is 6.52. The van der Waals surface area contributed by atoms with Gasteiger partial charge in [-0.25, -0.2) is 0 Å². The van der Waals surface area contributed by atoms with Crippen LogP contribution in [0, 0.1) is 13.0 Å². The fourth-order valence-electron chi connectivity index (χ4n) is 3.76. The second kappa shape index (κ2) is 8.83. The SMILES string of the molecule is Cc1ccc(S(=O)(=O)[N+]2(C(=O)OC3(CCC=O)C=C[C]=CC3)CCN(C)CC2)cc1. The summed E-state index contributed by atoms with van der Waals surface area (Å²) in [5, 5.41) is 0. The maximum absolute atomic E-state index is 13.7. The molecular weight excluding hydrogens is 404 g/mol. The van der Waals surface area contributed by atoms with Crippen LogP contribution in [0.4, 0.5) is 4.79 Å². The number of piperazine rings is 1. The van der Waals surface area contributed by atoms with Gasteiger partial charge >= 0.3 is 16.1 Å². The van der Waals surface area contributed by atoms with Crippen molar-refractivity contribution in [3.8, 4) is 0 Å². The number of sulfonamides is 1. The molecule has 0 spiro atoms. The van der Waals surface area contributed by atoms with Gasteiger partial charge in [0.15, 0.2) is 0 Å². The van der Waals surface area contributed by atoms with Gasteiger partial charge in [0, 0.05) is 25.9 Å². The Hall–Kier alpha value is -2.29. The first-order valence-corrected chi connectivity index (χ1v) is 11.5. The lowest BCUT2D eigenvalue weighted by atomic mass is 9.90. The Bertz CT molecular complexity index is 944. The molecule has 30 heavy (non-hydrogen) atoms. The lowest BCUT2D eigenvalue weighted by molar-refractivity contribution is -0.739. The number of hydrogen-bond donors (Lipinski definition) is 0.